The first-order chi connectivity index (χ1) is 18.1. The first kappa shape index (κ1) is 28.0. The molecule has 0 aliphatic rings. The summed E-state index contributed by atoms with van der Waals surface area (Å²) in [4.78, 5) is 5.39. The Balaban J connectivity index is 1.46. The molecule has 3 aromatic heterocycles. The number of aromatic nitrogens is 2. The molecule has 3 nitrogen and oxygen atoms in total. The van der Waals surface area contributed by atoms with Crippen molar-refractivity contribution in [2.24, 2.45) is 0 Å². The van der Waals surface area contributed by atoms with E-state index in [0.29, 0.717) is 0 Å². The number of hydrogen-bond donors (Lipinski definition) is 0. The van der Waals surface area contributed by atoms with Crippen LogP contribution < -0.4 is 0 Å². The van der Waals surface area contributed by atoms with Gasteiger partial charge in [0.1, 0.15) is 11.0 Å². The van der Waals surface area contributed by atoms with E-state index in [0.717, 1.165) is 22.2 Å². The van der Waals surface area contributed by atoms with Crippen molar-refractivity contribution in [2.75, 3.05) is 0 Å². The van der Waals surface area contributed by atoms with E-state index in [1.165, 1.54) is 121 Å². The molecule has 0 saturated heterocycles. The van der Waals surface area contributed by atoms with Crippen LogP contribution in [0.1, 0.15) is 112 Å². The zero-order valence-corrected chi connectivity index (χ0v) is 25.0. The normalized spacial score (nSPS) is 11.7. The standard InChI is InChI=1S/C32H44N2OS2/c1-5-7-9-11-13-15-17-25-21-29(36-23(25)3)27-19-20-28(32-31(27)33-35-34-32)30-22-26(24(4)37-30)18-16-14-12-10-8-6-2/h19-22H,5-18H2,1-4H3. The molecule has 4 rings (SSSR count). The molecule has 0 spiro atoms. The third kappa shape index (κ3) is 7.32. The Hall–Kier alpha value is -1.98. The molecule has 200 valence electrons. The minimum atomic E-state index is 0.883. The molecule has 4 aromatic rings. The Kier molecular flexibility index (Phi) is 10.8. The fraction of sp³-hybridized carbons (Fsp3) is 0.562. The van der Waals surface area contributed by atoms with Crippen LogP contribution in [-0.2, 0) is 12.8 Å². The van der Waals surface area contributed by atoms with Crippen LogP contribution in [0.15, 0.2) is 28.9 Å². The maximum atomic E-state index is 5.30. The largest absolute Gasteiger partial charge is 0.243 e. The number of hydrogen-bond acceptors (Lipinski definition) is 5. The van der Waals surface area contributed by atoms with Crippen LogP contribution in [0.3, 0.4) is 0 Å². The maximum Gasteiger partial charge on any atom is 0.144 e. The van der Waals surface area contributed by atoms with Crippen molar-refractivity contribution in [2.45, 2.75) is 118 Å². The number of thiophene rings is 2. The Morgan fingerprint density at radius 1 is 0.595 bits per heavy atom. The van der Waals surface area contributed by atoms with E-state index in [-0.39, 0.29) is 0 Å². The molecule has 0 N–H and O–H groups in total. The van der Waals surface area contributed by atoms with E-state index < -0.39 is 0 Å². The predicted octanol–water partition coefficient (Wildman–Crippen LogP) is 11.1. The first-order valence-electron chi connectivity index (χ1n) is 14.6. The third-order valence-corrected chi connectivity index (χ3v) is 9.84. The number of nitrogens with zero attached hydrogens (tertiary/aromatic N) is 2. The summed E-state index contributed by atoms with van der Waals surface area (Å²) < 4.78 is 5.30. The molecular weight excluding hydrogens is 492 g/mol. The van der Waals surface area contributed by atoms with Crippen LogP contribution in [0.2, 0.25) is 0 Å². The van der Waals surface area contributed by atoms with Gasteiger partial charge in [0.05, 0.1) is 0 Å². The lowest BCUT2D eigenvalue weighted by atomic mass is 10.0. The summed E-state index contributed by atoms with van der Waals surface area (Å²) >= 11 is 3.75. The van der Waals surface area contributed by atoms with Crippen molar-refractivity contribution in [1.82, 2.24) is 10.3 Å². The van der Waals surface area contributed by atoms with Gasteiger partial charge in [-0.2, -0.15) is 0 Å². The highest BCUT2D eigenvalue weighted by molar-refractivity contribution is 7.16. The van der Waals surface area contributed by atoms with E-state index in [9.17, 15) is 0 Å². The predicted molar refractivity (Wildman–Crippen MR) is 162 cm³/mol. The second-order valence-electron chi connectivity index (χ2n) is 10.5. The third-order valence-electron chi connectivity index (χ3n) is 7.59. The lowest BCUT2D eigenvalue weighted by Gasteiger charge is -2.03. The molecule has 0 unspecified atom stereocenters. The SMILES string of the molecule is CCCCCCCCc1cc(-c2ccc(-c3cc(CCCCCCCC)c(C)s3)c3nonc23)sc1C. The fourth-order valence-electron chi connectivity index (χ4n) is 5.26. The topological polar surface area (TPSA) is 38.9 Å². The van der Waals surface area contributed by atoms with E-state index in [1.54, 1.807) is 0 Å². The van der Waals surface area contributed by atoms with Crippen LogP contribution in [0, 0.1) is 13.8 Å². The molecule has 3 heterocycles. The molecule has 0 amide bonds. The van der Waals surface area contributed by atoms with Crippen LogP contribution >= 0.6 is 22.7 Å². The van der Waals surface area contributed by atoms with E-state index in [4.69, 9.17) is 4.63 Å². The van der Waals surface area contributed by atoms with Crippen LogP contribution in [0.5, 0.6) is 0 Å². The van der Waals surface area contributed by atoms with E-state index in [1.807, 2.05) is 22.7 Å². The quantitative estimate of drug-likeness (QED) is 0.134. The summed E-state index contributed by atoms with van der Waals surface area (Å²) in [6.07, 6.45) is 18.4. The molecule has 0 atom stereocenters. The number of unbranched alkanes of at least 4 members (excludes halogenated alkanes) is 10. The number of aryl methyl sites for hydroxylation is 4. The van der Waals surface area contributed by atoms with E-state index >= 15 is 0 Å². The Morgan fingerprint density at radius 3 is 1.43 bits per heavy atom. The van der Waals surface area contributed by atoms with Crippen molar-refractivity contribution < 1.29 is 4.63 Å². The van der Waals surface area contributed by atoms with Crippen LogP contribution in [0.4, 0.5) is 0 Å². The number of fused-ring (bicyclic) bond motifs is 1. The average Bonchev–Trinajstić information content (AvgIpc) is 3.62. The smallest absolute Gasteiger partial charge is 0.144 e. The first-order valence-corrected chi connectivity index (χ1v) is 16.2. The molecule has 1 aromatic carbocycles. The number of benzene rings is 1. The molecular formula is C32H44N2OS2. The van der Waals surface area contributed by atoms with E-state index in [2.05, 4.69) is 62.3 Å². The van der Waals surface area contributed by atoms with Crippen molar-refractivity contribution in [1.29, 1.82) is 0 Å². The van der Waals surface area contributed by atoms with Crippen molar-refractivity contribution in [3.05, 3.63) is 45.1 Å². The Bertz CT molecular complexity index is 1150. The molecule has 0 saturated carbocycles. The van der Waals surface area contributed by atoms with Gasteiger partial charge in [0.25, 0.3) is 0 Å². The summed E-state index contributed by atoms with van der Waals surface area (Å²) in [6.45, 7) is 9.07. The molecule has 5 heteroatoms. The lowest BCUT2D eigenvalue weighted by molar-refractivity contribution is 0.315. The highest BCUT2D eigenvalue weighted by Crippen LogP contribution is 2.41. The van der Waals surface area contributed by atoms with Crippen LogP contribution in [-0.4, -0.2) is 10.3 Å². The van der Waals surface area contributed by atoms with Gasteiger partial charge < -0.3 is 0 Å². The van der Waals surface area contributed by atoms with Gasteiger partial charge in [-0.05, 0) is 73.1 Å². The zero-order chi connectivity index (χ0) is 26.0. The van der Waals surface area contributed by atoms with Gasteiger partial charge in [-0.3, -0.25) is 0 Å². The fourth-order valence-corrected chi connectivity index (χ4v) is 7.45. The Labute approximate surface area is 231 Å². The Morgan fingerprint density at radius 2 is 1.00 bits per heavy atom. The molecule has 0 bridgehead atoms. The summed E-state index contributed by atoms with van der Waals surface area (Å²) in [5.41, 5.74) is 7.02. The molecule has 0 fully saturated rings. The minimum Gasteiger partial charge on any atom is -0.243 e. The number of rotatable bonds is 16. The van der Waals surface area contributed by atoms with Crippen molar-refractivity contribution in [3.8, 4) is 20.9 Å². The van der Waals surface area contributed by atoms with Crippen LogP contribution in [0.25, 0.3) is 31.9 Å². The molecule has 37 heavy (non-hydrogen) atoms. The summed E-state index contributed by atoms with van der Waals surface area (Å²) in [6, 6.07) is 9.21. The average molecular weight is 537 g/mol. The summed E-state index contributed by atoms with van der Waals surface area (Å²) in [5, 5.41) is 8.73. The highest BCUT2D eigenvalue weighted by atomic mass is 32.1. The highest BCUT2D eigenvalue weighted by Gasteiger charge is 2.18. The van der Waals surface area contributed by atoms with Gasteiger partial charge in [0, 0.05) is 30.6 Å². The second-order valence-corrected chi connectivity index (χ2v) is 13.1. The molecule has 0 aliphatic heterocycles. The van der Waals surface area contributed by atoms with Crippen molar-refractivity contribution in [3.63, 3.8) is 0 Å². The molecule has 0 aliphatic carbocycles. The summed E-state index contributed by atoms with van der Waals surface area (Å²) in [7, 11) is 0. The lowest BCUT2D eigenvalue weighted by Crippen LogP contribution is -1.86. The van der Waals surface area contributed by atoms with Gasteiger partial charge in [-0.15, -0.1) is 22.7 Å². The van der Waals surface area contributed by atoms with Gasteiger partial charge in [0.2, 0.25) is 0 Å². The minimum absolute atomic E-state index is 0.883. The zero-order valence-electron chi connectivity index (χ0n) is 23.3. The van der Waals surface area contributed by atoms with Gasteiger partial charge >= 0.3 is 0 Å². The van der Waals surface area contributed by atoms with Gasteiger partial charge in [0.15, 0.2) is 0 Å². The summed E-state index contributed by atoms with van der Waals surface area (Å²) in [5.74, 6) is 0. The maximum absolute atomic E-state index is 5.30. The monoisotopic (exact) mass is 536 g/mol. The van der Waals surface area contributed by atoms with Gasteiger partial charge in [-0.1, -0.05) is 90.2 Å². The second kappa shape index (κ2) is 14.2. The van der Waals surface area contributed by atoms with Gasteiger partial charge in [-0.25, -0.2) is 4.63 Å². The molecule has 0 radical (unpaired) electrons. The van der Waals surface area contributed by atoms with Crippen molar-refractivity contribution >= 4 is 33.7 Å².